The molecule has 1 aromatic carbocycles. The van der Waals surface area contributed by atoms with Gasteiger partial charge in [0.15, 0.2) is 10.8 Å². The molecule has 2 heterocycles. The average molecular weight is 420 g/mol. The van der Waals surface area contributed by atoms with Crippen LogP contribution in [0.5, 0.6) is 0 Å². The fourth-order valence-corrected chi connectivity index (χ4v) is 3.79. The largest absolute Gasteiger partial charge is 0.464 e. The topological polar surface area (TPSA) is 94.3 Å². The lowest BCUT2D eigenvalue weighted by molar-refractivity contribution is -0.116. The number of aromatic nitrogens is 2. The molecule has 28 heavy (non-hydrogen) atoms. The van der Waals surface area contributed by atoms with Crippen LogP contribution in [0, 0.1) is 13.8 Å². The van der Waals surface area contributed by atoms with Crippen LogP contribution in [-0.4, -0.2) is 29.1 Å². The van der Waals surface area contributed by atoms with E-state index >= 15 is 0 Å². The molecule has 0 aliphatic carbocycles. The summed E-state index contributed by atoms with van der Waals surface area (Å²) in [5.41, 5.74) is 2.61. The first-order valence-electron chi connectivity index (χ1n) is 8.45. The number of methoxy groups -OCH3 is 1. The van der Waals surface area contributed by atoms with Gasteiger partial charge in [0.1, 0.15) is 5.76 Å². The van der Waals surface area contributed by atoms with Crippen molar-refractivity contribution in [1.29, 1.82) is 0 Å². The Morgan fingerprint density at radius 1 is 1.25 bits per heavy atom. The van der Waals surface area contributed by atoms with Crippen LogP contribution in [0.25, 0.3) is 10.4 Å². The van der Waals surface area contributed by atoms with E-state index < -0.39 is 5.97 Å². The van der Waals surface area contributed by atoms with Crippen molar-refractivity contribution in [2.45, 2.75) is 26.7 Å². The molecule has 9 heteroatoms. The number of hydrogen-bond acceptors (Lipinski definition) is 7. The monoisotopic (exact) mass is 419 g/mol. The molecule has 146 valence electrons. The Morgan fingerprint density at radius 3 is 2.57 bits per heavy atom. The first-order chi connectivity index (χ1) is 13.4. The number of ether oxygens (including phenoxy) is 1. The zero-order chi connectivity index (χ0) is 20.3. The summed E-state index contributed by atoms with van der Waals surface area (Å²) in [6, 6.07) is 7.01. The molecule has 0 saturated carbocycles. The van der Waals surface area contributed by atoms with E-state index in [1.807, 2.05) is 13.8 Å². The first kappa shape index (κ1) is 20.0. The van der Waals surface area contributed by atoms with E-state index in [1.165, 1.54) is 18.4 Å². The zero-order valence-electron chi connectivity index (χ0n) is 15.5. The molecule has 0 spiro atoms. The number of nitrogens with zero attached hydrogens (tertiary/aromatic N) is 2. The summed E-state index contributed by atoms with van der Waals surface area (Å²) in [7, 11) is 1.29. The van der Waals surface area contributed by atoms with Gasteiger partial charge in [-0.05, 0) is 38.0 Å². The molecule has 1 amide bonds. The van der Waals surface area contributed by atoms with Gasteiger partial charge < -0.3 is 14.6 Å². The van der Waals surface area contributed by atoms with E-state index in [2.05, 4.69) is 15.5 Å². The third-order valence-electron chi connectivity index (χ3n) is 4.14. The number of benzene rings is 1. The van der Waals surface area contributed by atoms with E-state index in [4.69, 9.17) is 20.9 Å². The van der Waals surface area contributed by atoms with Crippen molar-refractivity contribution in [1.82, 2.24) is 10.1 Å². The van der Waals surface area contributed by atoms with Crippen molar-refractivity contribution >= 4 is 39.9 Å². The maximum atomic E-state index is 12.3. The minimum atomic E-state index is -0.572. The van der Waals surface area contributed by atoms with Gasteiger partial charge in [0.2, 0.25) is 5.91 Å². The Bertz CT molecular complexity index is 991. The number of amides is 1. The molecule has 0 saturated heterocycles. The number of halogens is 1. The number of rotatable bonds is 6. The smallest absolute Gasteiger partial charge is 0.358 e. The normalized spacial score (nSPS) is 10.7. The molecule has 3 aromatic rings. The summed E-state index contributed by atoms with van der Waals surface area (Å²) < 4.78 is 9.92. The SMILES string of the molecule is COC(=O)c1nc(NC(=O)CCc2c(C)noc2C)sc1-c1ccc(Cl)cc1. The number of carbonyl (C=O) groups excluding carboxylic acids is 2. The Morgan fingerprint density at radius 2 is 1.96 bits per heavy atom. The van der Waals surface area contributed by atoms with Crippen LogP contribution in [0.2, 0.25) is 5.02 Å². The lowest BCUT2D eigenvalue weighted by atomic mass is 10.1. The number of esters is 1. The van der Waals surface area contributed by atoms with Gasteiger partial charge in [-0.2, -0.15) is 0 Å². The van der Waals surface area contributed by atoms with E-state index in [-0.39, 0.29) is 18.0 Å². The van der Waals surface area contributed by atoms with Crippen molar-refractivity contribution in [2.75, 3.05) is 12.4 Å². The number of aryl methyl sites for hydroxylation is 2. The lowest BCUT2D eigenvalue weighted by Gasteiger charge is -2.01. The highest BCUT2D eigenvalue weighted by Gasteiger charge is 2.21. The quantitative estimate of drug-likeness (QED) is 0.594. The Balaban J connectivity index is 1.77. The van der Waals surface area contributed by atoms with Gasteiger partial charge >= 0.3 is 5.97 Å². The fraction of sp³-hybridized carbons (Fsp3) is 0.263. The molecule has 0 unspecified atom stereocenters. The highest BCUT2D eigenvalue weighted by Crippen LogP contribution is 2.34. The van der Waals surface area contributed by atoms with Gasteiger partial charge in [-0.3, -0.25) is 4.79 Å². The molecule has 3 rings (SSSR count). The molecule has 0 bridgehead atoms. The van der Waals surface area contributed by atoms with E-state index in [0.29, 0.717) is 27.2 Å². The predicted molar refractivity (Wildman–Crippen MR) is 107 cm³/mol. The van der Waals surface area contributed by atoms with E-state index in [9.17, 15) is 9.59 Å². The lowest BCUT2D eigenvalue weighted by Crippen LogP contribution is -2.13. The third kappa shape index (κ3) is 4.40. The highest BCUT2D eigenvalue weighted by molar-refractivity contribution is 7.19. The molecular formula is C19H18ClN3O4S. The van der Waals surface area contributed by atoms with Crippen molar-refractivity contribution in [3.8, 4) is 10.4 Å². The van der Waals surface area contributed by atoms with Crippen LogP contribution in [0.15, 0.2) is 28.8 Å². The van der Waals surface area contributed by atoms with Crippen LogP contribution in [0.4, 0.5) is 5.13 Å². The predicted octanol–water partition coefficient (Wildman–Crippen LogP) is 4.43. The summed E-state index contributed by atoms with van der Waals surface area (Å²) >= 11 is 7.13. The molecule has 0 aliphatic rings. The van der Waals surface area contributed by atoms with Crippen LogP contribution in [-0.2, 0) is 16.0 Å². The number of anilines is 1. The minimum Gasteiger partial charge on any atom is -0.464 e. The van der Waals surface area contributed by atoms with Gasteiger partial charge in [-0.25, -0.2) is 9.78 Å². The average Bonchev–Trinajstić information content (AvgIpc) is 3.23. The second-order valence-electron chi connectivity index (χ2n) is 6.05. The molecule has 0 radical (unpaired) electrons. The summed E-state index contributed by atoms with van der Waals surface area (Å²) in [5.74, 6) is -0.0807. The molecule has 2 aromatic heterocycles. The van der Waals surface area contributed by atoms with Crippen molar-refractivity contribution in [3.05, 3.63) is 52.0 Å². The Kier molecular flexibility index (Phi) is 6.11. The maximum absolute atomic E-state index is 12.3. The molecule has 0 atom stereocenters. The Hall–Kier alpha value is -2.71. The van der Waals surface area contributed by atoms with E-state index in [1.54, 1.807) is 24.3 Å². The van der Waals surface area contributed by atoms with Crippen LogP contribution >= 0.6 is 22.9 Å². The summed E-state index contributed by atoms with van der Waals surface area (Å²) in [6.07, 6.45) is 0.749. The third-order valence-corrected chi connectivity index (χ3v) is 5.41. The highest BCUT2D eigenvalue weighted by atomic mass is 35.5. The van der Waals surface area contributed by atoms with Gasteiger partial charge in [0, 0.05) is 17.0 Å². The number of hydrogen-bond donors (Lipinski definition) is 1. The summed E-state index contributed by atoms with van der Waals surface area (Å²) in [5, 5.41) is 7.54. The second-order valence-corrected chi connectivity index (χ2v) is 7.48. The van der Waals surface area contributed by atoms with Gasteiger partial charge in [-0.15, -0.1) is 0 Å². The fourth-order valence-electron chi connectivity index (χ4n) is 2.68. The van der Waals surface area contributed by atoms with Gasteiger partial charge in [-0.1, -0.05) is 40.2 Å². The second kappa shape index (κ2) is 8.53. The molecule has 0 aliphatic heterocycles. The van der Waals surface area contributed by atoms with Crippen LogP contribution in [0.1, 0.15) is 33.9 Å². The summed E-state index contributed by atoms with van der Waals surface area (Å²) in [6.45, 7) is 3.65. The van der Waals surface area contributed by atoms with E-state index in [0.717, 1.165) is 16.8 Å². The standard InChI is InChI=1S/C19H18ClN3O4S/c1-10-14(11(2)27-23-10)8-9-15(24)21-19-22-16(18(25)26-3)17(28-19)12-4-6-13(20)7-5-12/h4-7H,8-9H2,1-3H3,(H,21,22,24). The number of nitrogens with one attached hydrogen (secondary N) is 1. The number of thiazole rings is 1. The van der Waals surface area contributed by atoms with Crippen molar-refractivity contribution in [3.63, 3.8) is 0 Å². The van der Waals surface area contributed by atoms with Crippen molar-refractivity contribution < 1.29 is 18.8 Å². The van der Waals surface area contributed by atoms with Crippen molar-refractivity contribution in [2.24, 2.45) is 0 Å². The molecule has 1 N–H and O–H groups in total. The van der Waals surface area contributed by atoms with Gasteiger partial charge in [0.05, 0.1) is 17.7 Å². The van der Waals surface area contributed by atoms with Crippen LogP contribution < -0.4 is 5.32 Å². The minimum absolute atomic E-state index is 0.149. The maximum Gasteiger partial charge on any atom is 0.358 e. The first-order valence-corrected chi connectivity index (χ1v) is 9.65. The zero-order valence-corrected chi connectivity index (χ0v) is 17.1. The molecular weight excluding hydrogens is 402 g/mol. The van der Waals surface area contributed by atoms with Gasteiger partial charge in [0.25, 0.3) is 0 Å². The number of carbonyl (C=O) groups is 2. The molecule has 0 fully saturated rings. The molecule has 7 nitrogen and oxygen atoms in total. The summed E-state index contributed by atoms with van der Waals surface area (Å²) in [4.78, 5) is 29.3. The Labute approximate surface area is 170 Å². The van der Waals surface area contributed by atoms with Crippen LogP contribution in [0.3, 0.4) is 0 Å².